The Hall–Kier alpha value is -2.77. The smallest absolute Gasteiger partial charge is 0.387 e. The Morgan fingerprint density at radius 2 is 2.05 bits per heavy atom. The second kappa shape index (κ2) is 6.12. The van der Waals surface area contributed by atoms with E-state index in [4.69, 9.17) is 0 Å². The average Bonchev–Trinajstić information content (AvgIpc) is 2.42. The minimum absolute atomic E-state index is 0.00219. The lowest BCUT2D eigenvalue weighted by atomic mass is 10.2. The molecule has 0 radical (unpaired) electrons. The summed E-state index contributed by atoms with van der Waals surface area (Å²) in [6, 6.07) is 4.10. The number of halogens is 3. The molecule has 8 heteroatoms. The van der Waals surface area contributed by atoms with Crippen molar-refractivity contribution >= 4 is 11.6 Å². The van der Waals surface area contributed by atoms with E-state index in [0.29, 0.717) is 0 Å². The van der Waals surface area contributed by atoms with Crippen molar-refractivity contribution in [2.75, 3.05) is 5.32 Å². The molecule has 21 heavy (non-hydrogen) atoms. The summed E-state index contributed by atoms with van der Waals surface area (Å²) < 4.78 is 41.4. The molecule has 0 aliphatic carbocycles. The van der Waals surface area contributed by atoms with E-state index in [2.05, 4.69) is 15.0 Å². The molecule has 0 atom stereocenters. The molecule has 0 aliphatic heterocycles. The van der Waals surface area contributed by atoms with Gasteiger partial charge in [0, 0.05) is 30.2 Å². The Labute approximate surface area is 116 Å². The van der Waals surface area contributed by atoms with Crippen LogP contribution in [-0.4, -0.2) is 17.5 Å². The first-order valence-electron chi connectivity index (χ1n) is 5.70. The molecule has 1 heterocycles. The van der Waals surface area contributed by atoms with Crippen molar-refractivity contribution in [2.24, 2.45) is 0 Å². The van der Waals surface area contributed by atoms with Crippen molar-refractivity contribution in [1.29, 1.82) is 0 Å². The predicted molar refractivity (Wildman–Crippen MR) is 68.0 cm³/mol. The van der Waals surface area contributed by atoms with Crippen LogP contribution in [0, 0.1) is 5.82 Å². The number of anilines is 1. The van der Waals surface area contributed by atoms with Crippen molar-refractivity contribution in [3.8, 4) is 5.75 Å². The zero-order chi connectivity index (χ0) is 15.4. The molecule has 110 valence electrons. The number of hydrogen-bond donors (Lipinski definition) is 2. The molecule has 0 saturated heterocycles. The number of benzene rings is 1. The number of aromatic amines is 1. The number of amides is 1. The highest BCUT2D eigenvalue weighted by Crippen LogP contribution is 2.22. The maximum Gasteiger partial charge on any atom is 0.387 e. The maximum atomic E-state index is 13.5. The molecule has 1 aromatic heterocycles. The quantitative estimate of drug-likeness (QED) is 0.910. The molecule has 1 aromatic carbocycles. The SMILES string of the molecule is O=C(Nc1ccc(OC(F)F)c(F)c1)c1c[nH]ccc1=O. The Balaban J connectivity index is 2.17. The number of carbonyl (C=O) groups is 1. The Morgan fingerprint density at radius 3 is 2.67 bits per heavy atom. The third-order valence-electron chi connectivity index (χ3n) is 2.47. The van der Waals surface area contributed by atoms with E-state index in [1.165, 1.54) is 18.5 Å². The van der Waals surface area contributed by atoms with Crippen LogP contribution in [0.15, 0.2) is 41.5 Å². The summed E-state index contributed by atoms with van der Waals surface area (Å²) >= 11 is 0. The molecule has 0 bridgehead atoms. The number of nitrogens with one attached hydrogen (secondary N) is 2. The van der Waals surface area contributed by atoms with E-state index in [1.54, 1.807) is 0 Å². The highest BCUT2D eigenvalue weighted by atomic mass is 19.3. The lowest BCUT2D eigenvalue weighted by molar-refractivity contribution is -0.0521. The summed E-state index contributed by atoms with van der Waals surface area (Å²) in [5.41, 5.74) is -0.669. The first kappa shape index (κ1) is 14.6. The molecule has 0 spiro atoms. The lowest BCUT2D eigenvalue weighted by Crippen LogP contribution is -2.20. The fourth-order valence-electron chi connectivity index (χ4n) is 1.56. The number of carbonyl (C=O) groups excluding carboxylic acids is 1. The summed E-state index contributed by atoms with van der Waals surface area (Å²) in [5, 5.41) is 2.28. The van der Waals surface area contributed by atoms with Gasteiger partial charge in [-0.2, -0.15) is 8.78 Å². The van der Waals surface area contributed by atoms with Crippen molar-refractivity contribution in [3.63, 3.8) is 0 Å². The number of rotatable bonds is 4. The second-order valence-corrected chi connectivity index (χ2v) is 3.90. The average molecular weight is 298 g/mol. The van der Waals surface area contributed by atoms with Crippen LogP contribution in [0.4, 0.5) is 18.9 Å². The zero-order valence-electron chi connectivity index (χ0n) is 10.4. The molecule has 2 N–H and O–H groups in total. The van der Waals surface area contributed by atoms with Crippen LogP contribution >= 0.6 is 0 Å². The van der Waals surface area contributed by atoms with Gasteiger partial charge in [-0.15, -0.1) is 0 Å². The van der Waals surface area contributed by atoms with Crippen LogP contribution in [0.2, 0.25) is 0 Å². The van der Waals surface area contributed by atoms with E-state index in [1.807, 2.05) is 0 Å². The van der Waals surface area contributed by atoms with Gasteiger partial charge in [0.25, 0.3) is 5.91 Å². The molecule has 0 aliphatic rings. The largest absolute Gasteiger partial charge is 0.432 e. The molecule has 2 aromatic rings. The van der Waals surface area contributed by atoms with Crippen LogP contribution in [0.25, 0.3) is 0 Å². The molecule has 0 fully saturated rings. The van der Waals surface area contributed by atoms with Gasteiger partial charge in [0.05, 0.1) is 0 Å². The van der Waals surface area contributed by atoms with Gasteiger partial charge >= 0.3 is 6.61 Å². The fourth-order valence-corrected chi connectivity index (χ4v) is 1.56. The Bertz CT molecular complexity index is 716. The van der Waals surface area contributed by atoms with Crippen LogP contribution < -0.4 is 15.5 Å². The number of alkyl halides is 2. The van der Waals surface area contributed by atoms with E-state index < -0.39 is 29.5 Å². The van der Waals surface area contributed by atoms with E-state index in [9.17, 15) is 22.8 Å². The van der Waals surface area contributed by atoms with Gasteiger partial charge in [0.2, 0.25) is 0 Å². The number of aromatic nitrogens is 1. The summed E-state index contributed by atoms with van der Waals surface area (Å²) in [4.78, 5) is 25.8. The van der Waals surface area contributed by atoms with Gasteiger partial charge in [-0.1, -0.05) is 0 Å². The highest BCUT2D eigenvalue weighted by Gasteiger charge is 2.13. The summed E-state index contributed by atoms with van der Waals surface area (Å²) in [5.74, 6) is -2.45. The summed E-state index contributed by atoms with van der Waals surface area (Å²) in [6.45, 7) is -3.15. The van der Waals surface area contributed by atoms with Crippen LogP contribution in [0.5, 0.6) is 5.75 Å². The summed E-state index contributed by atoms with van der Waals surface area (Å²) in [7, 11) is 0. The second-order valence-electron chi connectivity index (χ2n) is 3.90. The van der Waals surface area contributed by atoms with E-state index >= 15 is 0 Å². The van der Waals surface area contributed by atoms with Crippen molar-refractivity contribution in [1.82, 2.24) is 4.98 Å². The monoisotopic (exact) mass is 298 g/mol. The van der Waals surface area contributed by atoms with Crippen LogP contribution in [0.1, 0.15) is 10.4 Å². The minimum Gasteiger partial charge on any atom is -0.432 e. The fraction of sp³-hybridized carbons (Fsp3) is 0.0769. The Kier molecular flexibility index (Phi) is 4.27. The van der Waals surface area contributed by atoms with Crippen molar-refractivity contribution < 1.29 is 22.7 Å². The third-order valence-corrected chi connectivity index (χ3v) is 2.47. The zero-order valence-corrected chi connectivity index (χ0v) is 10.4. The minimum atomic E-state index is -3.15. The van der Waals surface area contributed by atoms with Gasteiger partial charge < -0.3 is 15.0 Å². The van der Waals surface area contributed by atoms with Gasteiger partial charge in [-0.25, -0.2) is 4.39 Å². The third kappa shape index (κ3) is 3.62. The van der Waals surface area contributed by atoms with Crippen LogP contribution in [-0.2, 0) is 0 Å². The molecule has 1 amide bonds. The number of ether oxygens (including phenoxy) is 1. The maximum absolute atomic E-state index is 13.5. The number of pyridine rings is 1. The standard InChI is InChI=1S/C13H9F3N2O3/c14-9-5-7(1-2-11(9)21-13(15)16)18-12(20)8-6-17-4-3-10(8)19/h1-6,13H,(H,17,19)(H,18,20). The molecular weight excluding hydrogens is 289 g/mol. The predicted octanol–water partition coefficient (Wildman–Crippen LogP) is 2.37. The van der Waals surface area contributed by atoms with Gasteiger partial charge in [-0.05, 0) is 12.1 Å². The highest BCUT2D eigenvalue weighted by molar-refractivity contribution is 6.03. The normalized spacial score (nSPS) is 10.5. The first-order valence-corrected chi connectivity index (χ1v) is 5.70. The van der Waals surface area contributed by atoms with Gasteiger partial charge in [0.1, 0.15) is 5.56 Å². The van der Waals surface area contributed by atoms with Crippen LogP contribution in [0.3, 0.4) is 0 Å². The number of H-pyrrole nitrogens is 1. The molecule has 0 unspecified atom stereocenters. The van der Waals surface area contributed by atoms with Gasteiger partial charge in [0.15, 0.2) is 17.0 Å². The number of hydrogen-bond acceptors (Lipinski definition) is 3. The molecule has 2 rings (SSSR count). The van der Waals surface area contributed by atoms with Crippen molar-refractivity contribution in [3.05, 3.63) is 58.3 Å². The first-order chi connectivity index (χ1) is 9.97. The topological polar surface area (TPSA) is 71.2 Å². The molecule has 0 saturated carbocycles. The Morgan fingerprint density at radius 1 is 1.29 bits per heavy atom. The van der Waals surface area contributed by atoms with E-state index in [-0.39, 0.29) is 11.3 Å². The molecular formula is C13H9F3N2O3. The summed E-state index contributed by atoms with van der Waals surface area (Å²) in [6.07, 6.45) is 2.55. The van der Waals surface area contributed by atoms with Crippen molar-refractivity contribution in [2.45, 2.75) is 6.61 Å². The van der Waals surface area contributed by atoms with E-state index in [0.717, 1.165) is 18.2 Å². The van der Waals surface area contributed by atoms with Gasteiger partial charge in [-0.3, -0.25) is 9.59 Å². The lowest BCUT2D eigenvalue weighted by Gasteiger charge is -2.08. The molecule has 5 nitrogen and oxygen atoms in total.